The Bertz CT molecular complexity index is 1370. The fraction of sp³-hybridized carbons (Fsp3) is 0.559. The number of phenols is 1. The number of benzene rings is 2. The summed E-state index contributed by atoms with van der Waals surface area (Å²) in [5.74, 6) is -0.575. The Morgan fingerprint density at radius 1 is 0.911 bits per heavy atom. The summed E-state index contributed by atoms with van der Waals surface area (Å²) in [7, 11) is 0. The van der Waals surface area contributed by atoms with E-state index in [2.05, 4.69) is 16.3 Å². The van der Waals surface area contributed by atoms with Crippen LogP contribution in [0.25, 0.3) is 0 Å². The molecule has 0 bridgehead atoms. The molecule has 6 rings (SSSR count). The monoisotopic (exact) mass is 637 g/mol. The summed E-state index contributed by atoms with van der Waals surface area (Å²) >= 11 is 6.20. The van der Waals surface area contributed by atoms with Gasteiger partial charge in [-0.15, -0.1) is 0 Å². The van der Waals surface area contributed by atoms with Crippen LogP contribution in [0.1, 0.15) is 43.2 Å². The zero-order valence-corrected chi connectivity index (χ0v) is 26.6. The maximum atomic E-state index is 14.0. The third-order valence-corrected chi connectivity index (χ3v) is 10.3. The maximum Gasteiger partial charge on any atom is 0.322 e. The summed E-state index contributed by atoms with van der Waals surface area (Å²) in [6.45, 7) is 6.27. The van der Waals surface area contributed by atoms with Crippen LogP contribution in [0.3, 0.4) is 0 Å². The number of aromatic hydroxyl groups is 1. The molecule has 0 saturated carbocycles. The molecule has 0 spiro atoms. The minimum Gasteiger partial charge on any atom is -0.506 e. The molecule has 3 fully saturated rings. The molecule has 4 aliphatic rings. The fourth-order valence-corrected chi connectivity index (χ4v) is 7.53. The normalized spacial score (nSPS) is 21.2. The standard InChI is InChI=1S/C34H44ClN5O5/c35-29-22-24(5-6-31(29)41)21-26(33(43)39-17-15-37(16-18-39)27-10-19-45-20-11-27)23-32(42)38-12-8-28(9-13-38)40-14-7-25-3-1-2-4-30(25)36-34(40)44/h1-6,22,26-28,41H,7-21,23H2,(H,36,44)/t26-/m0/s1. The van der Waals surface area contributed by atoms with Gasteiger partial charge < -0.3 is 29.9 Å². The Kier molecular flexibility index (Phi) is 10.1. The summed E-state index contributed by atoms with van der Waals surface area (Å²) in [5, 5.41) is 13.2. The number of fused-ring (bicyclic) bond motifs is 1. The molecule has 1 atom stereocenters. The highest BCUT2D eigenvalue weighted by atomic mass is 35.5. The van der Waals surface area contributed by atoms with E-state index in [9.17, 15) is 19.5 Å². The Hall–Kier alpha value is -3.34. The molecule has 10 nitrogen and oxygen atoms in total. The van der Waals surface area contributed by atoms with Gasteiger partial charge in [0.2, 0.25) is 11.8 Å². The number of nitrogens with zero attached hydrogens (tertiary/aromatic N) is 4. The molecule has 2 aromatic rings. The highest BCUT2D eigenvalue weighted by molar-refractivity contribution is 6.32. The second kappa shape index (κ2) is 14.4. The lowest BCUT2D eigenvalue weighted by molar-refractivity contribution is -0.143. The van der Waals surface area contributed by atoms with Crippen LogP contribution in [-0.2, 0) is 27.2 Å². The van der Waals surface area contributed by atoms with Crippen molar-refractivity contribution >= 4 is 35.1 Å². The number of carbonyl (C=O) groups excluding carboxylic acids is 3. The molecule has 0 unspecified atom stereocenters. The Balaban J connectivity index is 1.07. The van der Waals surface area contributed by atoms with Crippen molar-refractivity contribution in [2.75, 3.05) is 64.3 Å². The van der Waals surface area contributed by atoms with Crippen molar-refractivity contribution in [2.24, 2.45) is 5.92 Å². The van der Waals surface area contributed by atoms with Crippen LogP contribution in [0.5, 0.6) is 5.75 Å². The second-order valence-electron chi connectivity index (χ2n) is 12.7. The molecule has 0 aromatic heterocycles. The van der Waals surface area contributed by atoms with E-state index in [4.69, 9.17) is 16.3 Å². The first kappa shape index (κ1) is 31.6. The number of urea groups is 1. The van der Waals surface area contributed by atoms with Gasteiger partial charge in [0, 0.05) is 83.2 Å². The minimum atomic E-state index is -0.527. The zero-order valence-electron chi connectivity index (χ0n) is 25.8. The summed E-state index contributed by atoms with van der Waals surface area (Å²) in [5.41, 5.74) is 2.82. The number of hydrogen-bond donors (Lipinski definition) is 2. The van der Waals surface area contributed by atoms with E-state index >= 15 is 0 Å². The minimum absolute atomic E-state index is 0.00475. The number of halogens is 1. The third kappa shape index (κ3) is 7.56. The number of rotatable bonds is 7. The highest BCUT2D eigenvalue weighted by Gasteiger charge is 2.35. The predicted octanol–water partition coefficient (Wildman–Crippen LogP) is 4.00. The molecule has 4 aliphatic heterocycles. The van der Waals surface area contributed by atoms with Crippen LogP contribution in [0.2, 0.25) is 5.02 Å². The average Bonchev–Trinajstić information content (AvgIpc) is 3.24. The van der Waals surface area contributed by atoms with Gasteiger partial charge in [-0.05, 0) is 67.9 Å². The highest BCUT2D eigenvalue weighted by Crippen LogP contribution is 2.28. The number of phenolic OH excluding ortho intramolecular Hbond substituents is 1. The fourth-order valence-electron chi connectivity index (χ4n) is 7.33. The number of nitrogens with one attached hydrogen (secondary N) is 1. The van der Waals surface area contributed by atoms with E-state index in [0.717, 1.165) is 62.4 Å². The van der Waals surface area contributed by atoms with Gasteiger partial charge in [-0.1, -0.05) is 35.9 Å². The molecule has 2 N–H and O–H groups in total. The smallest absolute Gasteiger partial charge is 0.322 e. The van der Waals surface area contributed by atoms with E-state index in [0.29, 0.717) is 58.0 Å². The lowest BCUT2D eigenvalue weighted by Crippen LogP contribution is -2.54. The molecule has 3 saturated heterocycles. The molecule has 45 heavy (non-hydrogen) atoms. The average molecular weight is 638 g/mol. The van der Waals surface area contributed by atoms with Crippen LogP contribution < -0.4 is 5.32 Å². The summed E-state index contributed by atoms with van der Waals surface area (Å²) in [6, 6.07) is 13.4. The number of para-hydroxylation sites is 1. The number of carbonyl (C=O) groups is 3. The first-order chi connectivity index (χ1) is 21.9. The lowest BCUT2D eigenvalue weighted by Gasteiger charge is -2.41. The summed E-state index contributed by atoms with van der Waals surface area (Å²) in [4.78, 5) is 48.9. The second-order valence-corrected chi connectivity index (χ2v) is 13.1. The van der Waals surface area contributed by atoms with Crippen LogP contribution in [0, 0.1) is 5.92 Å². The topological polar surface area (TPSA) is 106 Å². The number of amides is 4. The Morgan fingerprint density at radius 2 is 1.64 bits per heavy atom. The van der Waals surface area contributed by atoms with Crippen molar-refractivity contribution in [1.82, 2.24) is 19.6 Å². The Labute approximate surface area is 270 Å². The number of ether oxygens (including phenoxy) is 1. The largest absolute Gasteiger partial charge is 0.506 e. The van der Waals surface area contributed by atoms with E-state index in [-0.39, 0.29) is 41.1 Å². The zero-order chi connectivity index (χ0) is 31.3. The molecule has 0 aliphatic carbocycles. The Morgan fingerprint density at radius 3 is 2.38 bits per heavy atom. The number of hydrogen-bond acceptors (Lipinski definition) is 6. The summed E-state index contributed by atoms with van der Waals surface area (Å²) < 4.78 is 5.53. The summed E-state index contributed by atoms with van der Waals surface area (Å²) in [6.07, 6.45) is 4.74. The van der Waals surface area contributed by atoms with E-state index in [1.54, 1.807) is 12.1 Å². The van der Waals surface area contributed by atoms with Gasteiger partial charge in [0.05, 0.1) is 10.9 Å². The quantitative estimate of drug-likeness (QED) is 0.476. The molecule has 242 valence electrons. The first-order valence-corrected chi connectivity index (χ1v) is 16.7. The van der Waals surface area contributed by atoms with Gasteiger partial charge in [0.1, 0.15) is 5.75 Å². The van der Waals surface area contributed by atoms with Crippen LogP contribution in [-0.4, -0.2) is 114 Å². The van der Waals surface area contributed by atoms with Crippen molar-refractivity contribution in [3.8, 4) is 5.75 Å². The SMILES string of the molecule is O=C(C[C@H](Cc1ccc(O)c(Cl)c1)C(=O)N1CCN(C2CCOCC2)CC1)N1CCC(N2CCc3ccccc3NC2=O)CC1. The van der Waals surface area contributed by atoms with Gasteiger partial charge in [0.25, 0.3) is 0 Å². The van der Waals surface area contributed by atoms with Crippen molar-refractivity contribution in [3.05, 3.63) is 58.6 Å². The molecule has 4 heterocycles. The van der Waals surface area contributed by atoms with Crippen molar-refractivity contribution < 1.29 is 24.2 Å². The van der Waals surface area contributed by atoms with Crippen molar-refractivity contribution in [2.45, 2.75) is 57.0 Å². The number of piperidine rings is 1. The van der Waals surface area contributed by atoms with Gasteiger partial charge in [-0.25, -0.2) is 4.79 Å². The molecule has 2 aromatic carbocycles. The number of likely N-dealkylation sites (tertiary alicyclic amines) is 1. The molecule has 11 heteroatoms. The molecular weight excluding hydrogens is 594 g/mol. The predicted molar refractivity (Wildman–Crippen MR) is 172 cm³/mol. The van der Waals surface area contributed by atoms with Gasteiger partial charge in [-0.3, -0.25) is 14.5 Å². The van der Waals surface area contributed by atoms with Gasteiger partial charge in [-0.2, -0.15) is 0 Å². The third-order valence-electron chi connectivity index (χ3n) is 10.00. The molecular formula is C34H44ClN5O5. The van der Waals surface area contributed by atoms with Crippen LogP contribution in [0.4, 0.5) is 10.5 Å². The van der Waals surface area contributed by atoms with Crippen molar-refractivity contribution in [1.29, 1.82) is 0 Å². The maximum absolute atomic E-state index is 14.0. The first-order valence-electron chi connectivity index (χ1n) is 16.4. The van der Waals surface area contributed by atoms with Crippen molar-refractivity contribution in [3.63, 3.8) is 0 Å². The molecule has 4 amide bonds. The van der Waals surface area contributed by atoms with E-state index in [1.165, 1.54) is 6.07 Å². The van der Waals surface area contributed by atoms with Gasteiger partial charge in [0.15, 0.2) is 0 Å². The van der Waals surface area contributed by atoms with E-state index in [1.807, 2.05) is 32.9 Å². The lowest BCUT2D eigenvalue weighted by atomic mass is 9.92. The molecule has 0 radical (unpaired) electrons. The van der Waals surface area contributed by atoms with E-state index < -0.39 is 5.92 Å². The number of anilines is 1. The van der Waals surface area contributed by atoms with Crippen LogP contribution in [0.15, 0.2) is 42.5 Å². The van der Waals surface area contributed by atoms with Gasteiger partial charge >= 0.3 is 6.03 Å². The number of piperazine rings is 1. The van der Waals surface area contributed by atoms with Crippen LogP contribution >= 0.6 is 11.6 Å².